The van der Waals surface area contributed by atoms with Crippen molar-refractivity contribution >= 4 is 0 Å². The van der Waals surface area contributed by atoms with Gasteiger partial charge in [0.05, 0.1) is 12.2 Å². The molecule has 2 heteroatoms. The summed E-state index contributed by atoms with van der Waals surface area (Å²) in [6.45, 7) is 4.91. The minimum absolute atomic E-state index is 0.0578. The lowest BCUT2D eigenvalue weighted by Gasteiger charge is -2.08. The molecule has 0 aromatic heterocycles. The van der Waals surface area contributed by atoms with Gasteiger partial charge in [-0.1, -0.05) is 50.2 Å². The molecule has 1 rings (SSSR count). The van der Waals surface area contributed by atoms with Crippen molar-refractivity contribution in [3.63, 3.8) is 0 Å². The van der Waals surface area contributed by atoms with Crippen LogP contribution in [0.25, 0.3) is 0 Å². The van der Waals surface area contributed by atoms with E-state index in [1.165, 1.54) is 19.3 Å². The largest absolute Gasteiger partial charge is 0.492 e. The highest BCUT2D eigenvalue weighted by atomic mass is 16.5. The summed E-state index contributed by atoms with van der Waals surface area (Å²) in [6.07, 6.45) is 4.79. The Morgan fingerprint density at radius 1 is 1.16 bits per heavy atom. The molecular formula is C17H24O2. The first-order valence-corrected chi connectivity index (χ1v) is 7.04. The van der Waals surface area contributed by atoms with Crippen LogP contribution in [0.5, 0.6) is 5.75 Å². The molecule has 0 aliphatic carbocycles. The van der Waals surface area contributed by atoms with Crippen LogP contribution in [0.1, 0.15) is 45.1 Å². The molecule has 1 aromatic rings. The van der Waals surface area contributed by atoms with Gasteiger partial charge in [-0.25, -0.2) is 0 Å². The Kier molecular flexibility index (Phi) is 7.77. The van der Waals surface area contributed by atoms with Crippen molar-refractivity contribution in [1.82, 2.24) is 0 Å². The molecule has 0 N–H and O–H groups in total. The number of hydrogen-bond donors (Lipinski definition) is 0. The van der Waals surface area contributed by atoms with Crippen LogP contribution in [0, 0.1) is 11.8 Å². The number of para-hydroxylation sites is 1. The molecule has 0 aliphatic heterocycles. The average molecular weight is 260 g/mol. The second-order valence-electron chi connectivity index (χ2n) is 4.55. The summed E-state index contributed by atoms with van der Waals surface area (Å²) >= 11 is 0. The quantitative estimate of drug-likeness (QED) is 0.544. The molecule has 0 aliphatic rings. The van der Waals surface area contributed by atoms with Crippen molar-refractivity contribution in [2.45, 2.75) is 45.6 Å². The Hall–Kier alpha value is -1.46. The summed E-state index contributed by atoms with van der Waals surface area (Å²) in [5, 5.41) is 0. The second-order valence-corrected chi connectivity index (χ2v) is 4.55. The number of ether oxygens (including phenoxy) is 2. The van der Waals surface area contributed by atoms with Crippen molar-refractivity contribution in [3.8, 4) is 17.6 Å². The van der Waals surface area contributed by atoms with Crippen LogP contribution >= 0.6 is 0 Å². The van der Waals surface area contributed by atoms with E-state index in [0.29, 0.717) is 0 Å². The number of unbranched alkanes of at least 4 members (excludes halogenated alkanes) is 3. The summed E-state index contributed by atoms with van der Waals surface area (Å²) in [5.41, 5.74) is 0.932. The van der Waals surface area contributed by atoms with Gasteiger partial charge in [-0.05, 0) is 25.5 Å². The maximum Gasteiger partial charge on any atom is 0.134 e. The maximum absolute atomic E-state index is 5.81. The summed E-state index contributed by atoms with van der Waals surface area (Å²) in [6, 6.07) is 7.91. The van der Waals surface area contributed by atoms with Crippen LogP contribution in [-0.2, 0) is 4.74 Å². The number of rotatable bonds is 7. The molecule has 0 amide bonds. The Morgan fingerprint density at radius 3 is 2.68 bits per heavy atom. The van der Waals surface area contributed by atoms with E-state index in [-0.39, 0.29) is 6.10 Å². The zero-order valence-electron chi connectivity index (χ0n) is 12.2. The van der Waals surface area contributed by atoms with Gasteiger partial charge >= 0.3 is 0 Å². The highest BCUT2D eigenvalue weighted by molar-refractivity contribution is 5.46. The predicted molar refractivity (Wildman–Crippen MR) is 79.4 cm³/mol. The number of hydrogen-bond acceptors (Lipinski definition) is 2. The molecule has 2 nitrogen and oxygen atoms in total. The molecule has 0 bridgehead atoms. The molecule has 0 heterocycles. The third-order valence-corrected chi connectivity index (χ3v) is 2.91. The fourth-order valence-corrected chi connectivity index (χ4v) is 1.65. The first-order valence-electron chi connectivity index (χ1n) is 7.04. The van der Waals surface area contributed by atoms with Gasteiger partial charge in [-0.2, -0.15) is 0 Å². The van der Waals surface area contributed by atoms with E-state index in [4.69, 9.17) is 9.47 Å². The van der Waals surface area contributed by atoms with Gasteiger partial charge in [0, 0.05) is 7.11 Å². The van der Waals surface area contributed by atoms with Gasteiger partial charge in [-0.3, -0.25) is 0 Å². The van der Waals surface area contributed by atoms with E-state index in [1.54, 1.807) is 7.11 Å². The summed E-state index contributed by atoms with van der Waals surface area (Å²) in [7, 11) is 1.66. The Bertz CT molecular complexity index is 415. The van der Waals surface area contributed by atoms with Gasteiger partial charge in [0.15, 0.2) is 0 Å². The molecule has 0 radical (unpaired) electrons. The van der Waals surface area contributed by atoms with Crippen molar-refractivity contribution in [1.29, 1.82) is 0 Å². The molecule has 1 aromatic carbocycles. The SMILES string of the molecule is CCCCCCOc1ccccc1C#CC(C)OC. The lowest BCUT2D eigenvalue weighted by Crippen LogP contribution is -2.01. The molecule has 1 unspecified atom stereocenters. The van der Waals surface area contributed by atoms with Crippen molar-refractivity contribution in [2.24, 2.45) is 0 Å². The van der Waals surface area contributed by atoms with E-state index in [1.807, 2.05) is 31.2 Å². The van der Waals surface area contributed by atoms with E-state index >= 15 is 0 Å². The molecule has 1 atom stereocenters. The van der Waals surface area contributed by atoms with Gasteiger partial charge in [-0.15, -0.1) is 0 Å². The third kappa shape index (κ3) is 6.31. The van der Waals surface area contributed by atoms with E-state index in [0.717, 1.165) is 24.3 Å². The lowest BCUT2D eigenvalue weighted by molar-refractivity contribution is 0.163. The van der Waals surface area contributed by atoms with Crippen molar-refractivity contribution in [2.75, 3.05) is 13.7 Å². The first-order chi connectivity index (χ1) is 9.27. The number of methoxy groups -OCH3 is 1. The van der Waals surface area contributed by atoms with Crippen LogP contribution in [-0.4, -0.2) is 19.8 Å². The van der Waals surface area contributed by atoms with Crippen LogP contribution in [0.15, 0.2) is 24.3 Å². The smallest absolute Gasteiger partial charge is 0.134 e. The van der Waals surface area contributed by atoms with Crippen LogP contribution < -0.4 is 4.74 Å². The fourth-order valence-electron chi connectivity index (χ4n) is 1.65. The van der Waals surface area contributed by atoms with Crippen molar-refractivity contribution in [3.05, 3.63) is 29.8 Å². The Morgan fingerprint density at radius 2 is 1.95 bits per heavy atom. The lowest BCUT2D eigenvalue weighted by atomic mass is 10.2. The Labute approximate surface area is 117 Å². The second kappa shape index (κ2) is 9.47. The molecule has 0 fully saturated rings. The highest BCUT2D eigenvalue weighted by Crippen LogP contribution is 2.17. The molecule has 0 saturated carbocycles. The maximum atomic E-state index is 5.81. The normalized spacial score (nSPS) is 11.5. The number of benzene rings is 1. The van der Waals surface area contributed by atoms with Crippen LogP contribution in [0.4, 0.5) is 0 Å². The topological polar surface area (TPSA) is 18.5 Å². The van der Waals surface area contributed by atoms with Crippen molar-refractivity contribution < 1.29 is 9.47 Å². The van der Waals surface area contributed by atoms with Gasteiger partial charge in [0.2, 0.25) is 0 Å². The van der Waals surface area contributed by atoms with E-state index in [9.17, 15) is 0 Å². The predicted octanol–water partition coefficient (Wildman–Crippen LogP) is 4.03. The zero-order valence-corrected chi connectivity index (χ0v) is 12.2. The van der Waals surface area contributed by atoms with Gasteiger partial charge in [0.25, 0.3) is 0 Å². The summed E-state index contributed by atoms with van der Waals surface area (Å²) in [5.74, 6) is 7.03. The zero-order chi connectivity index (χ0) is 13.9. The van der Waals surface area contributed by atoms with Crippen LogP contribution in [0.2, 0.25) is 0 Å². The monoisotopic (exact) mass is 260 g/mol. The summed E-state index contributed by atoms with van der Waals surface area (Å²) < 4.78 is 10.9. The molecule has 19 heavy (non-hydrogen) atoms. The Balaban J connectivity index is 2.55. The third-order valence-electron chi connectivity index (χ3n) is 2.91. The summed E-state index contributed by atoms with van der Waals surface area (Å²) in [4.78, 5) is 0. The van der Waals surface area contributed by atoms with Crippen LogP contribution in [0.3, 0.4) is 0 Å². The molecule has 0 saturated heterocycles. The van der Waals surface area contributed by atoms with E-state index < -0.39 is 0 Å². The average Bonchev–Trinajstić information content (AvgIpc) is 2.45. The van der Waals surface area contributed by atoms with Gasteiger partial charge in [0.1, 0.15) is 11.9 Å². The molecule has 0 spiro atoms. The highest BCUT2D eigenvalue weighted by Gasteiger charge is 2.00. The molecule has 104 valence electrons. The standard InChI is InChI=1S/C17H24O2/c1-4-5-6-9-14-19-17-11-8-7-10-16(17)13-12-15(2)18-3/h7-8,10-11,15H,4-6,9,14H2,1-3H3. The minimum Gasteiger partial charge on any atom is -0.492 e. The first kappa shape index (κ1) is 15.6. The fraction of sp³-hybridized carbons (Fsp3) is 0.529. The minimum atomic E-state index is -0.0578. The van der Waals surface area contributed by atoms with E-state index in [2.05, 4.69) is 18.8 Å². The molecular weight excluding hydrogens is 236 g/mol. The van der Waals surface area contributed by atoms with Gasteiger partial charge < -0.3 is 9.47 Å².